The van der Waals surface area contributed by atoms with Crippen molar-refractivity contribution < 1.29 is 14.1 Å². The number of aryl methyl sites for hydroxylation is 1. The summed E-state index contributed by atoms with van der Waals surface area (Å²) in [6.07, 6.45) is 4.61. The van der Waals surface area contributed by atoms with Gasteiger partial charge >= 0.3 is 0 Å². The average molecular weight is 399 g/mol. The number of hydrogen-bond donors (Lipinski definition) is 0. The van der Waals surface area contributed by atoms with Crippen molar-refractivity contribution in [2.75, 3.05) is 26.2 Å². The molecule has 4 rings (SSSR count). The van der Waals surface area contributed by atoms with Gasteiger partial charge in [0.15, 0.2) is 0 Å². The summed E-state index contributed by atoms with van der Waals surface area (Å²) in [5, 5.41) is 4.73. The Labute approximate surface area is 171 Å². The second-order valence-electron chi connectivity index (χ2n) is 8.73. The van der Waals surface area contributed by atoms with Crippen LogP contribution >= 0.6 is 0 Å². The first kappa shape index (κ1) is 19.9. The molecule has 2 aromatic heterocycles. The van der Waals surface area contributed by atoms with Gasteiger partial charge in [0.1, 0.15) is 0 Å². The van der Waals surface area contributed by atoms with Crippen LogP contribution in [-0.4, -0.2) is 57.9 Å². The average Bonchev–Trinajstić information content (AvgIpc) is 3.38. The zero-order chi connectivity index (χ0) is 20.5. The van der Waals surface area contributed by atoms with Crippen LogP contribution in [0.1, 0.15) is 73.6 Å². The Balaban J connectivity index is 1.46. The van der Waals surface area contributed by atoms with Gasteiger partial charge in [0, 0.05) is 38.3 Å². The Morgan fingerprint density at radius 1 is 1.14 bits per heavy atom. The molecule has 0 aromatic carbocycles. The molecule has 2 saturated heterocycles. The summed E-state index contributed by atoms with van der Waals surface area (Å²) in [7, 11) is 0. The van der Waals surface area contributed by atoms with Crippen molar-refractivity contribution in [3.05, 3.63) is 23.0 Å². The van der Waals surface area contributed by atoms with Crippen LogP contribution in [0.2, 0.25) is 0 Å². The van der Waals surface area contributed by atoms with E-state index in [-0.39, 0.29) is 17.7 Å². The van der Waals surface area contributed by atoms with Gasteiger partial charge in [0.05, 0.1) is 16.6 Å². The molecule has 7 heteroatoms. The molecule has 0 saturated carbocycles. The largest absolute Gasteiger partial charge is 0.343 e. The second kappa shape index (κ2) is 8.13. The summed E-state index contributed by atoms with van der Waals surface area (Å²) < 4.78 is 5.35. The van der Waals surface area contributed by atoms with E-state index < -0.39 is 0 Å². The first-order valence-electron chi connectivity index (χ1n) is 10.8. The number of aromatic nitrogens is 2. The first-order valence-corrected chi connectivity index (χ1v) is 10.8. The third-order valence-corrected chi connectivity index (χ3v) is 6.28. The highest BCUT2D eigenvalue weighted by molar-refractivity contribution is 6.06. The lowest BCUT2D eigenvalue weighted by Gasteiger charge is -2.32. The van der Waals surface area contributed by atoms with Crippen LogP contribution in [0.5, 0.6) is 0 Å². The Kier molecular flexibility index (Phi) is 5.56. The van der Waals surface area contributed by atoms with Gasteiger partial charge in [-0.3, -0.25) is 9.59 Å². The van der Waals surface area contributed by atoms with E-state index in [2.05, 4.69) is 24.0 Å². The number of amides is 2. The fourth-order valence-electron chi connectivity index (χ4n) is 4.43. The smallest absolute Gasteiger partial charge is 0.259 e. The fourth-order valence-corrected chi connectivity index (χ4v) is 4.43. The van der Waals surface area contributed by atoms with Crippen molar-refractivity contribution >= 4 is 22.9 Å². The topological polar surface area (TPSA) is 79.5 Å². The first-order chi connectivity index (χ1) is 13.9. The third-order valence-electron chi connectivity index (χ3n) is 6.28. The van der Waals surface area contributed by atoms with E-state index in [0.717, 1.165) is 44.5 Å². The number of fused-ring (bicyclic) bond motifs is 1. The van der Waals surface area contributed by atoms with E-state index in [1.165, 1.54) is 0 Å². The Bertz CT molecular complexity index is 906. The van der Waals surface area contributed by atoms with Crippen molar-refractivity contribution in [2.24, 2.45) is 5.92 Å². The molecule has 0 radical (unpaired) electrons. The highest BCUT2D eigenvalue weighted by atomic mass is 16.5. The minimum atomic E-state index is 0.00918. The second-order valence-corrected chi connectivity index (χ2v) is 8.73. The molecule has 29 heavy (non-hydrogen) atoms. The highest BCUT2D eigenvalue weighted by Gasteiger charge is 2.29. The molecule has 7 nitrogen and oxygen atoms in total. The van der Waals surface area contributed by atoms with Crippen LogP contribution in [0.25, 0.3) is 11.1 Å². The summed E-state index contributed by atoms with van der Waals surface area (Å²) in [6.45, 7) is 9.12. The van der Waals surface area contributed by atoms with Crippen LogP contribution in [-0.2, 0) is 4.79 Å². The van der Waals surface area contributed by atoms with Crippen molar-refractivity contribution in [2.45, 2.75) is 58.8 Å². The molecule has 0 atom stereocenters. The summed E-state index contributed by atoms with van der Waals surface area (Å²) >= 11 is 0. The lowest BCUT2D eigenvalue weighted by Crippen LogP contribution is -2.40. The van der Waals surface area contributed by atoms with Crippen molar-refractivity contribution in [1.82, 2.24) is 19.9 Å². The van der Waals surface area contributed by atoms with Crippen LogP contribution in [0.15, 0.2) is 10.6 Å². The molecule has 4 heterocycles. The number of nitrogens with zero attached hydrogens (tertiary/aromatic N) is 4. The normalized spacial score (nSPS) is 18.2. The van der Waals surface area contributed by atoms with Gasteiger partial charge in [-0.2, -0.15) is 0 Å². The van der Waals surface area contributed by atoms with Gasteiger partial charge in [-0.15, -0.1) is 0 Å². The van der Waals surface area contributed by atoms with E-state index in [0.29, 0.717) is 47.8 Å². The highest BCUT2D eigenvalue weighted by Crippen LogP contribution is 2.28. The molecular weight excluding hydrogens is 368 g/mol. The maximum Gasteiger partial charge on any atom is 0.259 e. The molecule has 0 unspecified atom stereocenters. The summed E-state index contributed by atoms with van der Waals surface area (Å²) in [4.78, 5) is 34.2. The number of carbonyl (C=O) groups excluding carboxylic acids is 2. The van der Waals surface area contributed by atoms with Gasteiger partial charge in [-0.1, -0.05) is 19.0 Å². The molecule has 156 valence electrons. The maximum atomic E-state index is 13.3. The van der Waals surface area contributed by atoms with Gasteiger partial charge in [0.2, 0.25) is 5.91 Å². The predicted molar refractivity (Wildman–Crippen MR) is 110 cm³/mol. The number of rotatable bonds is 4. The molecule has 2 amide bonds. The van der Waals surface area contributed by atoms with Crippen LogP contribution < -0.4 is 0 Å². The zero-order valence-electron chi connectivity index (χ0n) is 17.6. The molecule has 2 aromatic rings. The van der Waals surface area contributed by atoms with E-state index in [1.54, 1.807) is 0 Å². The zero-order valence-corrected chi connectivity index (χ0v) is 17.6. The Hall–Kier alpha value is -2.44. The van der Waals surface area contributed by atoms with E-state index >= 15 is 0 Å². The molecular formula is C22H30N4O3. The lowest BCUT2D eigenvalue weighted by molar-refractivity contribution is -0.131. The van der Waals surface area contributed by atoms with Crippen molar-refractivity contribution in [1.29, 1.82) is 0 Å². The molecule has 0 N–H and O–H groups in total. The quantitative estimate of drug-likeness (QED) is 0.787. The third kappa shape index (κ3) is 4.00. The van der Waals surface area contributed by atoms with Crippen LogP contribution in [0, 0.1) is 12.8 Å². The number of pyridine rings is 1. The maximum absolute atomic E-state index is 13.3. The number of hydrogen-bond acceptors (Lipinski definition) is 5. The molecule has 2 aliphatic heterocycles. The van der Waals surface area contributed by atoms with Crippen LogP contribution in [0.3, 0.4) is 0 Å². The molecule has 2 fully saturated rings. The minimum Gasteiger partial charge on any atom is -0.343 e. The molecule has 0 spiro atoms. The molecule has 0 bridgehead atoms. The number of carbonyl (C=O) groups is 2. The summed E-state index contributed by atoms with van der Waals surface area (Å²) in [5.41, 5.74) is 2.59. The Morgan fingerprint density at radius 3 is 2.48 bits per heavy atom. The fraction of sp³-hybridized carbons (Fsp3) is 0.636. The molecule has 0 aliphatic carbocycles. The number of piperidine rings is 1. The van der Waals surface area contributed by atoms with Crippen molar-refractivity contribution in [3.63, 3.8) is 0 Å². The molecule has 2 aliphatic rings. The minimum absolute atomic E-state index is 0.00918. The van der Waals surface area contributed by atoms with Crippen molar-refractivity contribution in [3.8, 4) is 0 Å². The number of likely N-dealkylation sites (tertiary alicyclic amines) is 2. The Morgan fingerprint density at radius 2 is 1.83 bits per heavy atom. The van der Waals surface area contributed by atoms with Gasteiger partial charge < -0.3 is 14.3 Å². The van der Waals surface area contributed by atoms with E-state index in [9.17, 15) is 9.59 Å². The summed E-state index contributed by atoms with van der Waals surface area (Å²) in [6, 6.07) is 1.89. The summed E-state index contributed by atoms with van der Waals surface area (Å²) in [5.74, 6) is 0.853. The predicted octanol–water partition coefficient (Wildman–Crippen LogP) is 3.52. The standard InChI is InChI=1S/C22H30N4O3/c1-14(2)18-13-17(20-15(3)24-29-21(20)23-18)22(28)26-10-6-16(7-11-26)12-19(27)25-8-4-5-9-25/h13-14,16H,4-12H2,1-3H3. The van der Waals surface area contributed by atoms with Gasteiger partial charge in [-0.05, 0) is 50.5 Å². The van der Waals surface area contributed by atoms with E-state index in [1.807, 2.05) is 22.8 Å². The van der Waals surface area contributed by atoms with Gasteiger partial charge in [0.25, 0.3) is 11.6 Å². The van der Waals surface area contributed by atoms with Gasteiger partial charge in [-0.25, -0.2) is 4.98 Å². The van der Waals surface area contributed by atoms with Crippen LogP contribution in [0.4, 0.5) is 0 Å². The SMILES string of the molecule is Cc1noc2nc(C(C)C)cc(C(=O)N3CCC(CC(=O)N4CCCC4)CC3)c12. The monoisotopic (exact) mass is 398 g/mol. The lowest BCUT2D eigenvalue weighted by atomic mass is 9.92. The van der Waals surface area contributed by atoms with E-state index in [4.69, 9.17) is 4.52 Å².